The largest absolute Gasteiger partial charge is 0.369 e. The van der Waals surface area contributed by atoms with E-state index >= 15 is 0 Å². The molecular formula is C14H16N2. The summed E-state index contributed by atoms with van der Waals surface area (Å²) < 4.78 is 0. The number of benzene rings is 1. The van der Waals surface area contributed by atoms with Crippen LogP contribution in [0.3, 0.4) is 0 Å². The van der Waals surface area contributed by atoms with Crippen molar-refractivity contribution in [3.63, 3.8) is 0 Å². The normalized spacial score (nSPS) is 11.3. The van der Waals surface area contributed by atoms with Crippen LogP contribution in [0, 0.1) is 11.3 Å². The Morgan fingerprint density at radius 3 is 2.44 bits per heavy atom. The predicted molar refractivity (Wildman–Crippen MR) is 66.7 cm³/mol. The summed E-state index contributed by atoms with van der Waals surface area (Å²) in [6.45, 7) is 3.77. The number of nitrogens with zero attached hydrogens (tertiary/aromatic N) is 2. The smallest absolute Gasteiger partial charge is 0.119 e. The van der Waals surface area contributed by atoms with Crippen LogP contribution in [0.4, 0.5) is 0 Å². The highest BCUT2D eigenvalue weighted by Gasteiger charge is 2.06. The summed E-state index contributed by atoms with van der Waals surface area (Å²) in [6, 6.07) is 12.3. The molecule has 16 heavy (non-hydrogen) atoms. The van der Waals surface area contributed by atoms with Gasteiger partial charge in [-0.2, -0.15) is 5.26 Å². The molecule has 1 aromatic carbocycles. The molecule has 0 bridgehead atoms. The maximum atomic E-state index is 9.08. The first-order valence-corrected chi connectivity index (χ1v) is 5.16. The van der Waals surface area contributed by atoms with E-state index in [1.54, 1.807) is 6.08 Å². The van der Waals surface area contributed by atoms with Crippen LogP contribution in [0.5, 0.6) is 0 Å². The third-order valence-corrected chi connectivity index (χ3v) is 2.34. The lowest BCUT2D eigenvalue weighted by molar-refractivity contribution is 0.527. The zero-order valence-corrected chi connectivity index (χ0v) is 9.77. The van der Waals surface area contributed by atoms with Crippen molar-refractivity contribution in [2.45, 2.75) is 6.42 Å². The van der Waals surface area contributed by atoms with Crippen LogP contribution in [-0.2, 0) is 6.42 Å². The van der Waals surface area contributed by atoms with Gasteiger partial charge in [0.25, 0.3) is 0 Å². The van der Waals surface area contributed by atoms with Crippen molar-refractivity contribution in [2.24, 2.45) is 0 Å². The topological polar surface area (TPSA) is 27.0 Å². The third kappa shape index (κ3) is 2.99. The van der Waals surface area contributed by atoms with Crippen molar-refractivity contribution in [3.8, 4) is 6.07 Å². The van der Waals surface area contributed by atoms with Crippen molar-refractivity contribution >= 4 is 0 Å². The minimum Gasteiger partial charge on any atom is -0.369 e. The van der Waals surface area contributed by atoms with Gasteiger partial charge in [-0.3, -0.25) is 0 Å². The Labute approximate surface area is 97.1 Å². The van der Waals surface area contributed by atoms with Gasteiger partial charge in [-0.25, -0.2) is 0 Å². The van der Waals surface area contributed by atoms with Gasteiger partial charge in [0, 0.05) is 20.5 Å². The van der Waals surface area contributed by atoms with E-state index in [2.05, 4.69) is 12.6 Å². The fraction of sp³-hybridized carbons (Fsp3) is 0.214. The molecule has 2 heteroatoms. The van der Waals surface area contributed by atoms with E-state index in [0.717, 1.165) is 12.0 Å². The van der Waals surface area contributed by atoms with Gasteiger partial charge in [0.15, 0.2) is 0 Å². The Hall–Kier alpha value is -2.01. The zero-order chi connectivity index (χ0) is 12.0. The first kappa shape index (κ1) is 12.1. The minimum absolute atomic E-state index is 0.666. The molecule has 0 aliphatic rings. The van der Waals surface area contributed by atoms with Crippen molar-refractivity contribution in [1.29, 1.82) is 5.26 Å². The zero-order valence-electron chi connectivity index (χ0n) is 9.77. The molecule has 0 aliphatic heterocycles. The van der Waals surface area contributed by atoms with Gasteiger partial charge < -0.3 is 4.90 Å². The van der Waals surface area contributed by atoms with E-state index in [1.807, 2.05) is 49.3 Å². The molecule has 1 rings (SSSR count). The lowest BCUT2D eigenvalue weighted by Gasteiger charge is -2.14. The summed E-state index contributed by atoms with van der Waals surface area (Å²) in [5, 5.41) is 9.08. The molecule has 0 saturated heterocycles. The maximum absolute atomic E-state index is 9.08. The van der Waals surface area contributed by atoms with Crippen LogP contribution < -0.4 is 0 Å². The van der Waals surface area contributed by atoms with E-state index in [9.17, 15) is 0 Å². The second kappa shape index (κ2) is 5.77. The summed E-state index contributed by atoms with van der Waals surface area (Å²) in [7, 11) is 3.74. The molecule has 0 spiro atoms. The summed E-state index contributed by atoms with van der Waals surface area (Å²) in [5.74, 6) is 0. The van der Waals surface area contributed by atoms with Crippen LogP contribution in [-0.4, -0.2) is 19.0 Å². The Bertz CT molecular complexity index is 422. The van der Waals surface area contributed by atoms with Gasteiger partial charge in [0.05, 0.1) is 0 Å². The van der Waals surface area contributed by atoms with Crippen LogP contribution >= 0.6 is 0 Å². The fourth-order valence-corrected chi connectivity index (χ4v) is 1.53. The molecule has 0 amide bonds. The average Bonchev–Trinajstić information content (AvgIpc) is 2.29. The molecule has 0 unspecified atom stereocenters. The number of nitriles is 1. The van der Waals surface area contributed by atoms with Crippen LogP contribution in [0.2, 0.25) is 0 Å². The summed E-state index contributed by atoms with van der Waals surface area (Å²) in [5.41, 5.74) is 2.81. The molecule has 0 saturated carbocycles. The molecule has 0 fully saturated rings. The molecular weight excluding hydrogens is 196 g/mol. The Morgan fingerprint density at radius 1 is 1.38 bits per heavy atom. The molecule has 1 aromatic rings. The molecule has 0 aromatic heterocycles. The predicted octanol–water partition coefficient (Wildman–Crippen LogP) is 2.75. The highest BCUT2D eigenvalue weighted by Crippen LogP contribution is 2.14. The van der Waals surface area contributed by atoms with Gasteiger partial charge in [-0.05, 0) is 11.1 Å². The maximum Gasteiger partial charge on any atom is 0.119 e. The van der Waals surface area contributed by atoms with Crippen LogP contribution in [0.25, 0.3) is 0 Å². The lowest BCUT2D eigenvalue weighted by Crippen LogP contribution is -2.12. The molecule has 0 N–H and O–H groups in total. The van der Waals surface area contributed by atoms with Gasteiger partial charge >= 0.3 is 0 Å². The highest BCUT2D eigenvalue weighted by atomic mass is 15.1. The average molecular weight is 212 g/mol. The highest BCUT2D eigenvalue weighted by molar-refractivity contribution is 5.36. The first-order valence-electron chi connectivity index (χ1n) is 5.16. The first-order chi connectivity index (χ1) is 7.69. The Kier molecular flexibility index (Phi) is 4.35. The van der Waals surface area contributed by atoms with Crippen LogP contribution in [0.1, 0.15) is 5.56 Å². The van der Waals surface area contributed by atoms with Crippen molar-refractivity contribution in [2.75, 3.05) is 14.1 Å². The van der Waals surface area contributed by atoms with E-state index in [1.165, 1.54) is 5.56 Å². The molecule has 0 radical (unpaired) electrons. The number of rotatable bonds is 4. The summed E-state index contributed by atoms with van der Waals surface area (Å²) >= 11 is 0. The lowest BCUT2D eigenvalue weighted by atomic mass is 10.0. The standard InChI is InChI=1S/C14H16N2/c1-4-13(14(11-15)16(2)3)10-12-8-6-5-7-9-12/h4-9H,1,10H2,2-3H3. The third-order valence-electron chi connectivity index (χ3n) is 2.34. The second-order valence-electron chi connectivity index (χ2n) is 3.75. The van der Waals surface area contributed by atoms with Crippen LogP contribution in [0.15, 0.2) is 54.3 Å². The van der Waals surface area contributed by atoms with E-state index in [-0.39, 0.29) is 0 Å². The summed E-state index contributed by atoms with van der Waals surface area (Å²) in [6.07, 6.45) is 2.50. The SMILES string of the molecule is C=CC(Cc1ccccc1)=C(C#N)N(C)C. The monoisotopic (exact) mass is 212 g/mol. The van der Waals surface area contributed by atoms with E-state index < -0.39 is 0 Å². The molecule has 0 heterocycles. The number of hydrogen-bond donors (Lipinski definition) is 0. The van der Waals surface area contributed by atoms with Crippen molar-refractivity contribution in [3.05, 3.63) is 59.8 Å². The van der Waals surface area contributed by atoms with Gasteiger partial charge in [-0.15, -0.1) is 0 Å². The van der Waals surface area contributed by atoms with Gasteiger partial charge in [0.1, 0.15) is 11.8 Å². The van der Waals surface area contributed by atoms with Gasteiger partial charge in [0.2, 0.25) is 0 Å². The van der Waals surface area contributed by atoms with E-state index in [0.29, 0.717) is 5.70 Å². The minimum atomic E-state index is 0.666. The molecule has 82 valence electrons. The molecule has 2 nitrogen and oxygen atoms in total. The molecule has 0 aliphatic carbocycles. The molecule has 0 atom stereocenters. The quantitative estimate of drug-likeness (QED) is 0.567. The number of allylic oxidation sites excluding steroid dienone is 3. The Balaban J connectivity index is 3.01. The second-order valence-corrected chi connectivity index (χ2v) is 3.75. The van der Waals surface area contributed by atoms with E-state index in [4.69, 9.17) is 5.26 Å². The summed E-state index contributed by atoms with van der Waals surface area (Å²) in [4.78, 5) is 1.82. The van der Waals surface area contributed by atoms with Crippen molar-refractivity contribution < 1.29 is 0 Å². The number of hydrogen-bond acceptors (Lipinski definition) is 2. The van der Waals surface area contributed by atoms with Gasteiger partial charge in [-0.1, -0.05) is 43.0 Å². The Morgan fingerprint density at radius 2 is 2.00 bits per heavy atom. The fourth-order valence-electron chi connectivity index (χ4n) is 1.53. The van der Waals surface area contributed by atoms with Crippen molar-refractivity contribution in [1.82, 2.24) is 4.90 Å².